The second-order valence-electron chi connectivity index (χ2n) is 6.51. The molecular formula is C18H20O4. The summed E-state index contributed by atoms with van der Waals surface area (Å²) in [5, 5.41) is 10.4. The molecule has 2 fully saturated rings. The van der Waals surface area contributed by atoms with E-state index in [4.69, 9.17) is 4.74 Å². The van der Waals surface area contributed by atoms with Gasteiger partial charge in [-0.3, -0.25) is 4.79 Å². The maximum absolute atomic E-state index is 12.3. The molecule has 1 saturated heterocycles. The average Bonchev–Trinajstić information content (AvgIpc) is 3.22. The summed E-state index contributed by atoms with van der Waals surface area (Å²) in [7, 11) is 0. The molecule has 3 atom stereocenters. The van der Waals surface area contributed by atoms with E-state index in [1.54, 1.807) is 0 Å². The van der Waals surface area contributed by atoms with Gasteiger partial charge in [0.25, 0.3) is 0 Å². The lowest BCUT2D eigenvalue weighted by Crippen LogP contribution is -2.19. The number of aliphatic hydroxyl groups is 1. The summed E-state index contributed by atoms with van der Waals surface area (Å²) in [6.45, 7) is 3.93. The first-order valence-electron chi connectivity index (χ1n) is 7.72. The molecule has 22 heavy (non-hydrogen) atoms. The number of benzene rings is 1. The van der Waals surface area contributed by atoms with Gasteiger partial charge in [0.1, 0.15) is 11.3 Å². The van der Waals surface area contributed by atoms with Gasteiger partial charge in [-0.1, -0.05) is 44.2 Å². The number of ether oxygens (including phenoxy) is 1. The lowest BCUT2D eigenvalue weighted by Gasteiger charge is -2.09. The number of carbonyl (C=O) groups excluding carboxylic acids is 2. The van der Waals surface area contributed by atoms with Gasteiger partial charge in [0, 0.05) is 5.92 Å². The SMILES string of the molecule is CC(C)CC1OC(=O)/C(=C(\O)[C@@H]2C[C@H]2c2ccccc2)C1=O. The van der Waals surface area contributed by atoms with Crippen molar-refractivity contribution in [3.8, 4) is 0 Å². The van der Waals surface area contributed by atoms with Crippen LogP contribution in [-0.4, -0.2) is 23.0 Å². The molecule has 0 bridgehead atoms. The highest BCUT2D eigenvalue weighted by molar-refractivity contribution is 6.23. The van der Waals surface area contributed by atoms with Crippen molar-refractivity contribution in [2.45, 2.75) is 38.7 Å². The molecule has 1 aliphatic carbocycles. The average molecular weight is 300 g/mol. The van der Waals surface area contributed by atoms with Gasteiger partial charge < -0.3 is 9.84 Å². The van der Waals surface area contributed by atoms with Gasteiger partial charge in [0.15, 0.2) is 6.10 Å². The normalized spacial score (nSPS) is 29.7. The van der Waals surface area contributed by atoms with Crippen molar-refractivity contribution in [3.63, 3.8) is 0 Å². The minimum absolute atomic E-state index is 0.0879. The van der Waals surface area contributed by atoms with E-state index in [0.29, 0.717) is 6.42 Å². The topological polar surface area (TPSA) is 63.6 Å². The largest absolute Gasteiger partial charge is 0.511 e. The molecule has 1 saturated carbocycles. The highest BCUT2D eigenvalue weighted by Crippen LogP contribution is 2.52. The molecule has 1 heterocycles. The monoisotopic (exact) mass is 300 g/mol. The predicted octanol–water partition coefficient (Wildman–Crippen LogP) is 3.14. The van der Waals surface area contributed by atoms with Crippen LogP contribution in [-0.2, 0) is 14.3 Å². The molecule has 1 N–H and O–H groups in total. The number of allylic oxidation sites excluding steroid dienone is 1. The molecule has 1 unspecified atom stereocenters. The van der Waals surface area contributed by atoms with E-state index in [0.717, 1.165) is 12.0 Å². The van der Waals surface area contributed by atoms with Gasteiger partial charge in [-0.25, -0.2) is 4.79 Å². The number of rotatable bonds is 4. The van der Waals surface area contributed by atoms with Crippen LogP contribution >= 0.6 is 0 Å². The van der Waals surface area contributed by atoms with Crippen LogP contribution < -0.4 is 0 Å². The Bertz CT molecular complexity index is 630. The first-order chi connectivity index (χ1) is 10.5. The fraction of sp³-hybridized carbons (Fsp3) is 0.444. The highest BCUT2D eigenvalue weighted by Gasteiger charge is 2.48. The van der Waals surface area contributed by atoms with Crippen LogP contribution in [0, 0.1) is 11.8 Å². The van der Waals surface area contributed by atoms with E-state index >= 15 is 0 Å². The standard InChI is InChI=1S/C18H20O4/c1-10(2)8-14-17(20)15(18(21)22-14)16(19)13-9-12(13)11-6-4-3-5-7-11/h3-7,10,12-14,19H,8-9H2,1-2H3/b16-15-/t12-,13+,14?/m0/s1. The summed E-state index contributed by atoms with van der Waals surface area (Å²) >= 11 is 0. The Balaban J connectivity index is 1.79. The van der Waals surface area contributed by atoms with Gasteiger partial charge in [0.05, 0.1) is 0 Å². The second-order valence-corrected chi connectivity index (χ2v) is 6.51. The number of esters is 1. The van der Waals surface area contributed by atoms with E-state index in [-0.39, 0.29) is 34.9 Å². The van der Waals surface area contributed by atoms with Gasteiger partial charge in [-0.2, -0.15) is 0 Å². The third-order valence-electron chi connectivity index (χ3n) is 4.30. The Hall–Kier alpha value is -2.10. The molecule has 2 aliphatic rings. The molecule has 116 valence electrons. The Morgan fingerprint density at radius 3 is 2.59 bits per heavy atom. The Morgan fingerprint density at radius 1 is 1.27 bits per heavy atom. The number of hydrogen-bond acceptors (Lipinski definition) is 4. The van der Waals surface area contributed by atoms with Crippen molar-refractivity contribution in [2.24, 2.45) is 11.8 Å². The fourth-order valence-corrected chi connectivity index (χ4v) is 3.07. The zero-order valence-corrected chi connectivity index (χ0v) is 12.8. The molecule has 1 aromatic rings. The first kappa shape index (κ1) is 14.8. The minimum Gasteiger partial charge on any atom is -0.511 e. The molecule has 0 spiro atoms. The van der Waals surface area contributed by atoms with Crippen molar-refractivity contribution in [2.75, 3.05) is 0 Å². The van der Waals surface area contributed by atoms with Crippen LogP contribution in [0.4, 0.5) is 0 Å². The molecule has 1 aromatic carbocycles. The summed E-state index contributed by atoms with van der Waals surface area (Å²) in [5.41, 5.74) is 0.992. The number of ketones is 1. The lowest BCUT2D eigenvalue weighted by atomic mass is 9.98. The van der Waals surface area contributed by atoms with E-state index in [2.05, 4.69) is 0 Å². The highest BCUT2D eigenvalue weighted by atomic mass is 16.6. The molecule has 4 heteroatoms. The van der Waals surface area contributed by atoms with E-state index < -0.39 is 12.1 Å². The van der Waals surface area contributed by atoms with E-state index in [1.807, 2.05) is 44.2 Å². The first-order valence-corrected chi connectivity index (χ1v) is 7.72. The molecule has 4 nitrogen and oxygen atoms in total. The second kappa shape index (κ2) is 5.59. The minimum atomic E-state index is -0.737. The quantitative estimate of drug-likeness (QED) is 0.401. The van der Waals surface area contributed by atoms with Crippen LogP contribution in [0.25, 0.3) is 0 Å². The number of aliphatic hydroxyl groups excluding tert-OH is 1. The molecule has 1 aliphatic heterocycles. The maximum atomic E-state index is 12.3. The van der Waals surface area contributed by atoms with Crippen molar-refractivity contribution in [1.29, 1.82) is 0 Å². The van der Waals surface area contributed by atoms with Crippen LogP contribution in [0.15, 0.2) is 41.7 Å². The van der Waals surface area contributed by atoms with Crippen molar-refractivity contribution >= 4 is 11.8 Å². The zero-order valence-electron chi connectivity index (χ0n) is 12.8. The van der Waals surface area contributed by atoms with Gasteiger partial charge >= 0.3 is 5.97 Å². The van der Waals surface area contributed by atoms with Gasteiger partial charge in [-0.15, -0.1) is 0 Å². The molecule has 3 rings (SSSR count). The Morgan fingerprint density at radius 2 is 1.95 bits per heavy atom. The molecular weight excluding hydrogens is 280 g/mol. The lowest BCUT2D eigenvalue weighted by molar-refractivity contribution is -0.141. The Labute approximate surface area is 129 Å². The number of cyclic esters (lactones) is 1. The summed E-state index contributed by atoms with van der Waals surface area (Å²) in [6.07, 6.45) is 0.515. The van der Waals surface area contributed by atoms with Gasteiger partial charge in [-0.05, 0) is 30.2 Å². The summed E-state index contributed by atoms with van der Waals surface area (Å²) in [6, 6.07) is 9.83. The smallest absolute Gasteiger partial charge is 0.346 e. The van der Waals surface area contributed by atoms with Crippen LogP contribution in [0.5, 0.6) is 0 Å². The van der Waals surface area contributed by atoms with Crippen LogP contribution in [0.1, 0.15) is 38.2 Å². The molecule has 0 aromatic heterocycles. The van der Waals surface area contributed by atoms with E-state index in [1.165, 1.54) is 0 Å². The van der Waals surface area contributed by atoms with Crippen molar-refractivity contribution in [1.82, 2.24) is 0 Å². The number of carbonyl (C=O) groups is 2. The van der Waals surface area contributed by atoms with Crippen LogP contribution in [0.3, 0.4) is 0 Å². The number of hydrogen-bond donors (Lipinski definition) is 1. The summed E-state index contributed by atoms with van der Waals surface area (Å²) < 4.78 is 5.13. The predicted molar refractivity (Wildman–Crippen MR) is 81.3 cm³/mol. The van der Waals surface area contributed by atoms with E-state index in [9.17, 15) is 14.7 Å². The number of Topliss-reactive ketones (excluding diaryl/α,β-unsaturated/α-hetero) is 1. The third-order valence-corrected chi connectivity index (χ3v) is 4.30. The fourth-order valence-electron chi connectivity index (χ4n) is 3.07. The third kappa shape index (κ3) is 2.65. The molecule has 0 radical (unpaired) electrons. The zero-order chi connectivity index (χ0) is 15.9. The maximum Gasteiger partial charge on any atom is 0.346 e. The van der Waals surface area contributed by atoms with Crippen molar-refractivity contribution < 1.29 is 19.4 Å². The van der Waals surface area contributed by atoms with Crippen LogP contribution in [0.2, 0.25) is 0 Å². The van der Waals surface area contributed by atoms with Crippen molar-refractivity contribution in [3.05, 3.63) is 47.2 Å². The van der Waals surface area contributed by atoms with Gasteiger partial charge in [0.2, 0.25) is 5.78 Å². The summed E-state index contributed by atoms with van der Waals surface area (Å²) in [4.78, 5) is 24.2. The molecule has 0 amide bonds. The Kier molecular flexibility index (Phi) is 3.77. The summed E-state index contributed by atoms with van der Waals surface area (Å²) in [5.74, 6) is -0.844.